The van der Waals surface area contributed by atoms with E-state index in [9.17, 15) is 0 Å². The van der Waals surface area contributed by atoms with Gasteiger partial charge in [0.1, 0.15) is 4.60 Å². The van der Waals surface area contributed by atoms with Crippen LogP contribution in [-0.2, 0) is 6.54 Å². The number of aromatic nitrogens is 3. The number of rotatable bonds is 3. The molecule has 0 bridgehead atoms. The molecule has 5 nitrogen and oxygen atoms in total. The second kappa shape index (κ2) is 5.79. The Labute approximate surface area is 127 Å². The molecule has 1 N–H and O–H groups in total. The normalized spacial score (nSPS) is 20.6. The molecule has 3 heterocycles. The van der Waals surface area contributed by atoms with Crippen LogP contribution in [0.5, 0.6) is 0 Å². The molecule has 2 aromatic rings. The van der Waals surface area contributed by atoms with Gasteiger partial charge >= 0.3 is 0 Å². The summed E-state index contributed by atoms with van der Waals surface area (Å²) in [7, 11) is 4.11. The highest BCUT2D eigenvalue weighted by Crippen LogP contribution is 2.26. The van der Waals surface area contributed by atoms with Gasteiger partial charge in [-0.15, -0.1) is 0 Å². The fourth-order valence-electron chi connectivity index (χ4n) is 2.87. The van der Waals surface area contributed by atoms with E-state index in [1.54, 1.807) is 0 Å². The summed E-state index contributed by atoms with van der Waals surface area (Å²) in [5, 5.41) is 7.92. The van der Waals surface area contributed by atoms with Gasteiger partial charge in [0.05, 0.1) is 11.4 Å². The second-order valence-electron chi connectivity index (χ2n) is 5.51. The Morgan fingerprint density at radius 3 is 3.05 bits per heavy atom. The molecule has 1 saturated heterocycles. The van der Waals surface area contributed by atoms with Gasteiger partial charge in [0.25, 0.3) is 0 Å². The summed E-state index contributed by atoms with van der Waals surface area (Å²) in [4.78, 5) is 6.97. The van der Waals surface area contributed by atoms with Gasteiger partial charge in [-0.2, -0.15) is 5.10 Å². The van der Waals surface area contributed by atoms with Crippen LogP contribution in [0.1, 0.15) is 30.1 Å². The standard InChI is InChI=1S/C14H20BrN5/c1-16-8-12-14(15)20-13(17-12)6-5-11(18-20)10-4-3-7-19(2)9-10/h5-6,10,16H,3-4,7-9H2,1-2H3. The number of hydrogen-bond donors (Lipinski definition) is 1. The maximum atomic E-state index is 4.79. The van der Waals surface area contributed by atoms with Crippen LogP contribution in [-0.4, -0.2) is 46.7 Å². The largest absolute Gasteiger partial charge is 0.314 e. The van der Waals surface area contributed by atoms with E-state index in [2.05, 4.69) is 50.3 Å². The molecule has 2 aromatic heterocycles. The quantitative estimate of drug-likeness (QED) is 0.930. The second-order valence-corrected chi connectivity index (χ2v) is 6.26. The Kier molecular flexibility index (Phi) is 4.05. The highest BCUT2D eigenvalue weighted by Gasteiger charge is 2.21. The van der Waals surface area contributed by atoms with Gasteiger partial charge in [-0.1, -0.05) is 0 Å². The molecule has 6 heteroatoms. The van der Waals surface area contributed by atoms with Crippen molar-refractivity contribution in [1.82, 2.24) is 24.8 Å². The number of fused-ring (bicyclic) bond motifs is 1. The predicted molar refractivity (Wildman–Crippen MR) is 82.9 cm³/mol. The van der Waals surface area contributed by atoms with Crippen LogP contribution in [0, 0.1) is 0 Å². The van der Waals surface area contributed by atoms with Crippen molar-refractivity contribution in [3.63, 3.8) is 0 Å². The molecule has 1 unspecified atom stereocenters. The van der Waals surface area contributed by atoms with Crippen LogP contribution in [0.2, 0.25) is 0 Å². The van der Waals surface area contributed by atoms with Gasteiger partial charge < -0.3 is 10.2 Å². The molecule has 3 rings (SSSR count). The number of nitrogens with zero attached hydrogens (tertiary/aromatic N) is 4. The minimum atomic E-state index is 0.528. The van der Waals surface area contributed by atoms with E-state index in [-0.39, 0.29) is 0 Å². The molecule has 0 spiro atoms. The molecule has 108 valence electrons. The first kappa shape index (κ1) is 14.0. The van der Waals surface area contributed by atoms with Crippen molar-refractivity contribution in [2.45, 2.75) is 25.3 Å². The van der Waals surface area contributed by atoms with E-state index in [1.165, 1.54) is 19.4 Å². The molecule has 0 saturated carbocycles. The molecular weight excluding hydrogens is 318 g/mol. The summed E-state index contributed by atoms with van der Waals surface area (Å²) < 4.78 is 2.87. The lowest BCUT2D eigenvalue weighted by molar-refractivity contribution is 0.247. The summed E-state index contributed by atoms with van der Waals surface area (Å²) in [6.07, 6.45) is 2.47. The summed E-state index contributed by atoms with van der Waals surface area (Å²) >= 11 is 3.61. The van der Waals surface area contributed by atoms with Crippen LogP contribution >= 0.6 is 15.9 Å². The fraction of sp³-hybridized carbons (Fsp3) is 0.571. The average molecular weight is 338 g/mol. The molecule has 0 radical (unpaired) electrons. The zero-order chi connectivity index (χ0) is 14.1. The van der Waals surface area contributed by atoms with E-state index in [0.717, 1.165) is 34.7 Å². The maximum absolute atomic E-state index is 4.79. The predicted octanol–water partition coefficient (Wildman–Crippen LogP) is 2.02. The summed E-state index contributed by atoms with van der Waals surface area (Å²) in [5.74, 6) is 0.528. The van der Waals surface area contributed by atoms with Crippen molar-refractivity contribution >= 4 is 21.6 Å². The van der Waals surface area contributed by atoms with Gasteiger partial charge in [-0.05, 0) is 61.5 Å². The summed E-state index contributed by atoms with van der Waals surface area (Å²) in [6, 6.07) is 4.20. The molecular formula is C14H20BrN5. The Morgan fingerprint density at radius 2 is 2.30 bits per heavy atom. The summed E-state index contributed by atoms with van der Waals surface area (Å²) in [5.41, 5.74) is 3.06. The van der Waals surface area contributed by atoms with Crippen molar-refractivity contribution in [1.29, 1.82) is 0 Å². The first-order valence-electron chi connectivity index (χ1n) is 7.06. The molecule has 1 aliphatic rings. The number of halogens is 1. The molecule has 20 heavy (non-hydrogen) atoms. The monoisotopic (exact) mass is 337 g/mol. The van der Waals surface area contributed by atoms with Crippen LogP contribution < -0.4 is 5.32 Å². The zero-order valence-corrected chi connectivity index (χ0v) is 13.5. The maximum Gasteiger partial charge on any atom is 0.155 e. The smallest absolute Gasteiger partial charge is 0.155 e. The highest BCUT2D eigenvalue weighted by molar-refractivity contribution is 9.10. The van der Waals surface area contributed by atoms with E-state index >= 15 is 0 Å². The number of piperidine rings is 1. The Hall–Kier alpha value is -0.980. The van der Waals surface area contributed by atoms with Crippen LogP contribution in [0.25, 0.3) is 5.65 Å². The average Bonchev–Trinajstić information content (AvgIpc) is 2.76. The molecule has 1 aliphatic heterocycles. The molecule has 1 atom stereocenters. The number of likely N-dealkylation sites (N-methyl/N-ethyl adjacent to an activating group) is 1. The first-order chi connectivity index (χ1) is 9.69. The zero-order valence-electron chi connectivity index (χ0n) is 11.9. The van der Waals surface area contributed by atoms with Gasteiger partial charge in [-0.25, -0.2) is 9.50 Å². The lowest BCUT2D eigenvalue weighted by atomic mass is 9.95. The van der Waals surface area contributed by atoms with Crippen molar-refractivity contribution in [2.24, 2.45) is 0 Å². The topological polar surface area (TPSA) is 45.5 Å². The minimum absolute atomic E-state index is 0.528. The first-order valence-corrected chi connectivity index (χ1v) is 7.85. The van der Waals surface area contributed by atoms with Gasteiger partial charge in [0.2, 0.25) is 0 Å². The van der Waals surface area contributed by atoms with Crippen molar-refractivity contribution in [3.05, 3.63) is 28.1 Å². The lowest BCUT2D eigenvalue weighted by Gasteiger charge is -2.29. The van der Waals surface area contributed by atoms with E-state index < -0.39 is 0 Å². The van der Waals surface area contributed by atoms with Crippen molar-refractivity contribution in [2.75, 3.05) is 27.2 Å². The lowest BCUT2D eigenvalue weighted by Crippen LogP contribution is -2.31. The van der Waals surface area contributed by atoms with E-state index in [4.69, 9.17) is 5.10 Å². The number of likely N-dealkylation sites (tertiary alicyclic amines) is 1. The molecule has 0 aliphatic carbocycles. The third kappa shape index (κ3) is 2.60. The number of imidazole rings is 1. The van der Waals surface area contributed by atoms with Crippen LogP contribution in [0.4, 0.5) is 0 Å². The number of nitrogens with one attached hydrogen (secondary N) is 1. The van der Waals surface area contributed by atoms with Crippen LogP contribution in [0.15, 0.2) is 16.7 Å². The summed E-state index contributed by atoms with van der Waals surface area (Å²) in [6.45, 7) is 3.03. The van der Waals surface area contributed by atoms with Gasteiger partial charge in [-0.3, -0.25) is 0 Å². The number of hydrogen-bond acceptors (Lipinski definition) is 4. The van der Waals surface area contributed by atoms with Crippen molar-refractivity contribution in [3.8, 4) is 0 Å². The van der Waals surface area contributed by atoms with Crippen LogP contribution in [0.3, 0.4) is 0 Å². The third-order valence-corrected chi connectivity index (χ3v) is 4.69. The van der Waals surface area contributed by atoms with Crippen molar-refractivity contribution < 1.29 is 0 Å². The molecule has 0 aromatic carbocycles. The van der Waals surface area contributed by atoms with E-state index in [0.29, 0.717) is 5.92 Å². The SMILES string of the molecule is CNCc1nc2ccc(C3CCCN(C)C3)nn2c1Br. The minimum Gasteiger partial charge on any atom is -0.314 e. The van der Waals surface area contributed by atoms with Gasteiger partial charge in [0, 0.05) is 19.0 Å². The molecule has 1 fully saturated rings. The van der Waals surface area contributed by atoms with E-state index in [1.807, 2.05) is 11.6 Å². The Balaban J connectivity index is 1.95. The Bertz CT molecular complexity index is 609. The molecule has 0 amide bonds. The third-order valence-electron chi connectivity index (χ3n) is 3.90. The fourth-order valence-corrected chi connectivity index (χ4v) is 3.36. The Morgan fingerprint density at radius 1 is 1.45 bits per heavy atom. The van der Waals surface area contributed by atoms with Gasteiger partial charge in [0.15, 0.2) is 5.65 Å². The highest BCUT2D eigenvalue weighted by atomic mass is 79.9.